The Balaban J connectivity index is 2.03. The lowest BCUT2D eigenvalue weighted by molar-refractivity contribution is 0.566. The number of halogens is 1. The minimum absolute atomic E-state index is 0.163. The molecule has 1 aromatic carbocycles. The Morgan fingerprint density at radius 1 is 1.00 bits per heavy atom. The van der Waals surface area contributed by atoms with Gasteiger partial charge in [-0.1, -0.05) is 0 Å². The summed E-state index contributed by atoms with van der Waals surface area (Å²) in [5, 5.41) is 3.38. The molecule has 1 N–H and O–H groups in total. The van der Waals surface area contributed by atoms with E-state index < -0.39 is 0 Å². The lowest BCUT2D eigenvalue weighted by Gasteiger charge is -2.27. The van der Waals surface area contributed by atoms with Crippen LogP contribution in [0, 0.1) is 5.82 Å². The van der Waals surface area contributed by atoms with Gasteiger partial charge in [-0.2, -0.15) is 0 Å². The number of anilines is 1. The van der Waals surface area contributed by atoms with Crippen LogP contribution in [0.4, 0.5) is 10.1 Å². The van der Waals surface area contributed by atoms with Gasteiger partial charge in [-0.3, -0.25) is 0 Å². The van der Waals surface area contributed by atoms with E-state index in [1.54, 1.807) is 0 Å². The van der Waals surface area contributed by atoms with Crippen LogP contribution in [0.2, 0.25) is 0 Å². The molecule has 2 nitrogen and oxygen atoms in total. The Morgan fingerprint density at radius 2 is 1.80 bits per heavy atom. The van der Waals surface area contributed by atoms with E-state index in [2.05, 4.69) is 10.2 Å². The van der Waals surface area contributed by atoms with Gasteiger partial charge in [-0.25, -0.2) is 4.39 Å². The molecule has 2 rings (SSSR count). The lowest BCUT2D eigenvalue weighted by Crippen LogP contribution is -2.36. The van der Waals surface area contributed by atoms with Crippen molar-refractivity contribution in [2.45, 2.75) is 12.8 Å². The van der Waals surface area contributed by atoms with Crippen LogP contribution < -0.4 is 10.2 Å². The van der Waals surface area contributed by atoms with Gasteiger partial charge >= 0.3 is 0 Å². The van der Waals surface area contributed by atoms with Gasteiger partial charge in [0.15, 0.2) is 0 Å². The van der Waals surface area contributed by atoms with Gasteiger partial charge in [0, 0.05) is 25.3 Å². The molecule has 0 bridgehead atoms. The lowest BCUT2D eigenvalue weighted by atomic mass is 10.2. The van der Waals surface area contributed by atoms with Crippen molar-refractivity contribution in [3.05, 3.63) is 30.1 Å². The first-order valence-electron chi connectivity index (χ1n) is 5.57. The van der Waals surface area contributed by atoms with E-state index in [4.69, 9.17) is 0 Å². The highest BCUT2D eigenvalue weighted by atomic mass is 19.1. The maximum atomic E-state index is 12.8. The maximum Gasteiger partial charge on any atom is 0.123 e. The SMILES string of the molecule is Fc1ccc(N2CCCCNCC2)cc1. The fourth-order valence-corrected chi connectivity index (χ4v) is 1.91. The Morgan fingerprint density at radius 3 is 2.60 bits per heavy atom. The van der Waals surface area contributed by atoms with Crippen molar-refractivity contribution in [3.8, 4) is 0 Å². The minimum atomic E-state index is -0.163. The highest BCUT2D eigenvalue weighted by Crippen LogP contribution is 2.15. The van der Waals surface area contributed by atoms with Gasteiger partial charge in [0.2, 0.25) is 0 Å². The topological polar surface area (TPSA) is 15.3 Å². The zero-order chi connectivity index (χ0) is 10.5. The van der Waals surface area contributed by atoms with Crippen LogP contribution in [0.25, 0.3) is 0 Å². The summed E-state index contributed by atoms with van der Waals surface area (Å²) in [6.45, 7) is 4.22. The van der Waals surface area contributed by atoms with E-state index in [9.17, 15) is 4.39 Å². The number of nitrogens with zero attached hydrogens (tertiary/aromatic N) is 1. The molecule has 0 aliphatic carbocycles. The molecule has 1 aliphatic rings. The average Bonchev–Trinajstić information content (AvgIpc) is 2.19. The first-order valence-corrected chi connectivity index (χ1v) is 5.57. The molecule has 0 unspecified atom stereocenters. The molecule has 0 saturated carbocycles. The second kappa shape index (κ2) is 5.12. The predicted octanol–water partition coefficient (Wildman–Crippen LogP) is 2.02. The number of hydrogen-bond donors (Lipinski definition) is 1. The van der Waals surface area contributed by atoms with E-state index >= 15 is 0 Å². The molecule has 1 fully saturated rings. The summed E-state index contributed by atoms with van der Waals surface area (Å²) in [4.78, 5) is 2.31. The standard InChI is InChI=1S/C12H17FN2/c13-11-3-5-12(6-4-11)15-9-2-1-7-14-8-10-15/h3-6,14H,1-2,7-10H2. The summed E-state index contributed by atoms with van der Waals surface area (Å²) in [6.07, 6.45) is 2.42. The number of rotatable bonds is 1. The maximum absolute atomic E-state index is 12.8. The molecule has 0 radical (unpaired) electrons. The molecular formula is C12H17FN2. The van der Waals surface area contributed by atoms with Crippen molar-refractivity contribution in [1.29, 1.82) is 0 Å². The highest BCUT2D eigenvalue weighted by Gasteiger charge is 2.08. The van der Waals surface area contributed by atoms with Crippen molar-refractivity contribution in [1.82, 2.24) is 5.32 Å². The number of nitrogens with one attached hydrogen (secondary N) is 1. The third-order valence-electron chi connectivity index (χ3n) is 2.78. The third-order valence-corrected chi connectivity index (χ3v) is 2.78. The number of hydrogen-bond acceptors (Lipinski definition) is 2. The first kappa shape index (κ1) is 10.4. The van der Waals surface area contributed by atoms with Crippen LogP contribution in [0.3, 0.4) is 0 Å². The average molecular weight is 208 g/mol. The Kier molecular flexibility index (Phi) is 3.56. The zero-order valence-electron chi connectivity index (χ0n) is 8.88. The Labute approximate surface area is 90.1 Å². The molecule has 0 amide bonds. The molecular weight excluding hydrogens is 191 g/mol. The van der Waals surface area contributed by atoms with E-state index in [1.807, 2.05) is 12.1 Å². The largest absolute Gasteiger partial charge is 0.370 e. The van der Waals surface area contributed by atoms with Crippen molar-refractivity contribution in [3.63, 3.8) is 0 Å². The summed E-state index contributed by atoms with van der Waals surface area (Å²) in [5.41, 5.74) is 1.13. The quantitative estimate of drug-likeness (QED) is 0.759. The van der Waals surface area contributed by atoms with Crippen molar-refractivity contribution in [2.24, 2.45) is 0 Å². The molecule has 82 valence electrons. The normalized spacial score (nSPS) is 18.3. The second-order valence-electron chi connectivity index (χ2n) is 3.92. The summed E-state index contributed by atoms with van der Waals surface area (Å²) in [7, 11) is 0. The minimum Gasteiger partial charge on any atom is -0.370 e. The van der Waals surface area contributed by atoms with Crippen molar-refractivity contribution < 1.29 is 4.39 Å². The van der Waals surface area contributed by atoms with Gasteiger partial charge < -0.3 is 10.2 Å². The third kappa shape index (κ3) is 2.93. The summed E-state index contributed by atoms with van der Waals surface area (Å²) >= 11 is 0. The zero-order valence-corrected chi connectivity index (χ0v) is 8.88. The van der Waals surface area contributed by atoms with Crippen LogP contribution in [-0.2, 0) is 0 Å². The van der Waals surface area contributed by atoms with E-state index in [0.717, 1.165) is 31.9 Å². The summed E-state index contributed by atoms with van der Waals surface area (Å²) in [6, 6.07) is 6.77. The fourth-order valence-electron chi connectivity index (χ4n) is 1.91. The van der Waals surface area contributed by atoms with Crippen LogP contribution in [-0.4, -0.2) is 26.2 Å². The Hall–Kier alpha value is -1.09. The van der Waals surface area contributed by atoms with E-state index in [0.29, 0.717) is 0 Å². The second-order valence-corrected chi connectivity index (χ2v) is 3.92. The fraction of sp³-hybridized carbons (Fsp3) is 0.500. The van der Waals surface area contributed by atoms with Crippen LogP contribution >= 0.6 is 0 Å². The monoisotopic (exact) mass is 208 g/mol. The van der Waals surface area contributed by atoms with Crippen molar-refractivity contribution >= 4 is 5.69 Å². The highest BCUT2D eigenvalue weighted by molar-refractivity contribution is 5.46. The number of benzene rings is 1. The summed E-state index contributed by atoms with van der Waals surface area (Å²) < 4.78 is 12.8. The molecule has 0 spiro atoms. The van der Waals surface area contributed by atoms with Gasteiger partial charge in [0.25, 0.3) is 0 Å². The van der Waals surface area contributed by atoms with Crippen molar-refractivity contribution in [2.75, 3.05) is 31.1 Å². The van der Waals surface area contributed by atoms with Gasteiger partial charge in [-0.15, -0.1) is 0 Å². The molecule has 1 heterocycles. The molecule has 1 aliphatic heterocycles. The molecule has 0 aromatic heterocycles. The first-order chi connectivity index (χ1) is 7.36. The van der Waals surface area contributed by atoms with Gasteiger partial charge in [0.05, 0.1) is 0 Å². The van der Waals surface area contributed by atoms with Gasteiger partial charge in [0.1, 0.15) is 5.82 Å². The molecule has 0 atom stereocenters. The molecule has 1 aromatic rings. The summed E-state index contributed by atoms with van der Waals surface area (Å²) in [5.74, 6) is -0.163. The molecule has 15 heavy (non-hydrogen) atoms. The van der Waals surface area contributed by atoms with E-state index in [-0.39, 0.29) is 5.82 Å². The van der Waals surface area contributed by atoms with Crippen LogP contribution in [0.5, 0.6) is 0 Å². The van der Waals surface area contributed by atoms with Crippen LogP contribution in [0.15, 0.2) is 24.3 Å². The molecule has 1 saturated heterocycles. The Bertz CT molecular complexity index is 289. The van der Waals surface area contributed by atoms with E-state index in [1.165, 1.54) is 25.0 Å². The van der Waals surface area contributed by atoms with Gasteiger partial charge in [-0.05, 0) is 43.7 Å². The molecule has 3 heteroatoms. The predicted molar refractivity (Wildman–Crippen MR) is 60.7 cm³/mol. The smallest absolute Gasteiger partial charge is 0.123 e. The van der Waals surface area contributed by atoms with Crippen LogP contribution in [0.1, 0.15) is 12.8 Å².